The van der Waals surface area contributed by atoms with E-state index in [1.54, 1.807) is 18.2 Å². The van der Waals surface area contributed by atoms with Crippen LogP contribution in [0, 0.1) is 5.92 Å². The van der Waals surface area contributed by atoms with Gasteiger partial charge in [-0.05, 0) is 64.2 Å². The Bertz CT molecular complexity index is 515. The lowest BCUT2D eigenvalue weighted by Gasteiger charge is -2.08. The summed E-state index contributed by atoms with van der Waals surface area (Å²) in [7, 11) is 0. The zero-order chi connectivity index (χ0) is 16.4. The maximum atomic E-state index is 11.6. The average Bonchev–Trinajstić information content (AvgIpc) is 2.46. The molecule has 3 heteroatoms. The Kier molecular flexibility index (Phi) is 8.05. The van der Waals surface area contributed by atoms with E-state index in [0.29, 0.717) is 13.0 Å². The van der Waals surface area contributed by atoms with Gasteiger partial charge in [-0.2, -0.15) is 0 Å². The van der Waals surface area contributed by atoms with Gasteiger partial charge in [0.1, 0.15) is 12.4 Å². The van der Waals surface area contributed by atoms with Crippen molar-refractivity contribution in [1.29, 1.82) is 0 Å². The van der Waals surface area contributed by atoms with Crippen LogP contribution in [0.3, 0.4) is 0 Å². The second kappa shape index (κ2) is 9.82. The number of aliphatic hydroxyl groups excluding tert-OH is 1. The number of rotatable bonds is 7. The Morgan fingerprint density at radius 3 is 2.77 bits per heavy atom. The third-order valence-corrected chi connectivity index (χ3v) is 3.34. The Morgan fingerprint density at radius 2 is 2.14 bits per heavy atom. The van der Waals surface area contributed by atoms with Gasteiger partial charge in [-0.25, -0.2) is 4.79 Å². The van der Waals surface area contributed by atoms with E-state index >= 15 is 0 Å². The lowest BCUT2D eigenvalue weighted by Crippen LogP contribution is -2.03. The molecule has 1 aliphatic rings. The fourth-order valence-corrected chi connectivity index (χ4v) is 1.98. The van der Waals surface area contributed by atoms with Gasteiger partial charge >= 0.3 is 5.97 Å². The highest BCUT2D eigenvalue weighted by atomic mass is 16.5. The number of carbonyl (C=O) groups excluding carboxylic acids is 1. The highest BCUT2D eigenvalue weighted by Gasteiger charge is 2.05. The molecule has 0 spiro atoms. The third kappa shape index (κ3) is 8.30. The minimum absolute atomic E-state index is 0.143. The van der Waals surface area contributed by atoms with Gasteiger partial charge in [-0.15, -0.1) is 0 Å². The molecule has 0 amide bonds. The van der Waals surface area contributed by atoms with Crippen molar-refractivity contribution in [2.24, 2.45) is 5.92 Å². The number of hydrogen-bond acceptors (Lipinski definition) is 3. The lowest BCUT2D eigenvalue weighted by atomic mass is 10.00. The minimum Gasteiger partial charge on any atom is -0.508 e. The molecule has 1 N–H and O–H groups in total. The Balaban J connectivity index is 2.25. The van der Waals surface area contributed by atoms with Crippen molar-refractivity contribution in [1.82, 2.24) is 0 Å². The first-order valence-electron chi connectivity index (χ1n) is 7.68. The van der Waals surface area contributed by atoms with Crippen LogP contribution in [0.2, 0.25) is 0 Å². The zero-order valence-electron chi connectivity index (χ0n) is 13.7. The van der Waals surface area contributed by atoms with Crippen molar-refractivity contribution < 1.29 is 14.6 Å². The van der Waals surface area contributed by atoms with Crippen LogP contribution in [-0.2, 0) is 9.53 Å². The lowest BCUT2D eigenvalue weighted by molar-refractivity contribution is -0.136. The standard InChI is InChI=1S/C19H26O3/c1-15(2)5-4-6-16(3)13-14-22-19(21)12-9-17-7-10-18(20)11-8-17/h5,7,9-13,17,20H,4,6,8,14H2,1-3H3/b12-9?,16-13+. The second-order valence-corrected chi connectivity index (χ2v) is 5.75. The summed E-state index contributed by atoms with van der Waals surface area (Å²) in [5.74, 6) is 0.0891. The second-order valence-electron chi connectivity index (χ2n) is 5.75. The van der Waals surface area contributed by atoms with E-state index in [9.17, 15) is 9.90 Å². The van der Waals surface area contributed by atoms with Crippen molar-refractivity contribution in [2.45, 2.75) is 40.0 Å². The summed E-state index contributed by atoms with van der Waals surface area (Å²) in [6.45, 7) is 6.54. The van der Waals surface area contributed by atoms with Gasteiger partial charge in [-0.1, -0.05) is 29.4 Å². The normalized spacial score (nSPS) is 18.2. The molecule has 1 atom stereocenters. The summed E-state index contributed by atoms with van der Waals surface area (Å²) < 4.78 is 5.15. The summed E-state index contributed by atoms with van der Waals surface area (Å²) in [6, 6.07) is 0. The Morgan fingerprint density at radius 1 is 1.36 bits per heavy atom. The molecule has 0 saturated heterocycles. The summed E-state index contributed by atoms with van der Waals surface area (Å²) in [4.78, 5) is 11.6. The maximum absolute atomic E-state index is 11.6. The van der Waals surface area contributed by atoms with Crippen LogP contribution in [0.15, 0.2) is 59.4 Å². The summed E-state index contributed by atoms with van der Waals surface area (Å²) in [5.41, 5.74) is 2.55. The first-order valence-corrected chi connectivity index (χ1v) is 7.68. The molecular weight excluding hydrogens is 276 g/mol. The van der Waals surface area contributed by atoms with E-state index in [-0.39, 0.29) is 17.6 Å². The molecule has 0 aliphatic heterocycles. The molecule has 0 saturated carbocycles. The fourth-order valence-electron chi connectivity index (χ4n) is 1.98. The quantitative estimate of drug-likeness (QED) is 0.417. The van der Waals surface area contributed by atoms with Gasteiger partial charge in [-0.3, -0.25) is 0 Å². The highest BCUT2D eigenvalue weighted by Crippen LogP contribution is 2.15. The molecule has 0 fully saturated rings. The van der Waals surface area contributed by atoms with Crippen LogP contribution in [0.4, 0.5) is 0 Å². The SMILES string of the molecule is CC(C)=CCC/C(C)=C/COC(=O)C=CC1C=CC(O)=CC1. The molecule has 0 aromatic rings. The summed E-state index contributed by atoms with van der Waals surface area (Å²) in [5, 5.41) is 9.21. The smallest absolute Gasteiger partial charge is 0.330 e. The number of esters is 1. The Hall–Kier alpha value is -2.03. The number of hydrogen-bond donors (Lipinski definition) is 1. The highest BCUT2D eigenvalue weighted by molar-refractivity contribution is 5.82. The van der Waals surface area contributed by atoms with E-state index in [2.05, 4.69) is 19.9 Å². The fraction of sp³-hybridized carbons (Fsp3) is 0.421. The summed E-state index contributed by atoms with van der Waals surface area (Å²) >= 11 is 0. The molecule has 0 radical (unpaired) electrons. The van der Waals surface area contributed by atoms with Gasteiger partial charge in [0.05, 0.1) is 0 Å². The maximum Gasteiger partial charge on any atom is 0.330 e. The molecule has 1 aliphatic carbocycles. The minimum atomic E-state index is -0.333. The van der Waals surface area contributed by atoms with Crippen molar-refractivity contribution in [2.75, 3.05) is 6.61 Å². The molecule has 1 unspecified atom stereocenters. The largest absolute Gasteiger partial charge is 0.508 e. The van der Waals surface area contributed by atoms with Gasteiger partial charge in [0.15, 0.2) is 0 Å². The van der Waals surface area contributed by atoms with Crippen LogP contribution in [0.5, 0.6) is 0 Å². The zero-order valence-corrected chi connectivity index (χ0v) is 13.7. The predicted octanol–water partition coefficient (Wildman–Crippen LogP) is 4.80. The molecule has 0 heterocycles. The Labute approximate surface area is 133 Å². The number of ether oxygens (including phenoxy) is 1. The van der Waals surface area contributed by atoms with Gasteiger partial charge in [0, 0.05) is 6.08 Å². The summed E-state index contributed by atoms with van der Waals surface area (Å²) in [6.07, 6.45) is 15.4. The van der Waals surface area contributed by atoms with Gasteiger partial charge in [0.25, 0.3) is 0 Å². The van der Waals surface area contributed by atoms with Crippen molar-refractivity contribution in [3.05, 3.63) is 59.4 Å². The van der Waals surface area contributed by atoms with Crippen LogP contribution in [-0.4, -0.2) is 17.7 Å². The molecule has 1 rings (SSSR count). The molecule has 0 aromatic heterocycles. The molecule has 120 valence electrons. The van der Waals surface area contributed by atoms with E-state index in [1.165, 1.54) is 17.2 Å². The van der Waals surface area contributed by atoms with Crippen LogP contribution in [0.1, 0.15) is 40.0 Å². The average molecular weight is 302 g/mol. The number of allylic oxidation sites excluding steroid dienone is 7. The van der Waals surface area contributed by atoms with E-state index in [0.717, 1.165) is 12.8 Å². The molecule has 3 nitrogen and oxygen atoms in total. The molecular formula is C19H26O3. The van der Waals surface area contributed by atoms with E-state index in [1.807, 2.05) is 19.1 Å². The molecule has 22 heavy (non-hydrogen) atoms. The first kappa shape index (κ1) is 18.0. The van der Waals surface area contributed by atoms with Crippen LogP contribution < -0.4 is 0 Å². The molecule has 0 aromatic carbocycles. The van der Waals surface area contributed by atoms with E-state index < -0.39 is 0 Å². The van der Waals surface area contributed by atoms with Crippen LogP contribution >= 0.6 is 0 Å². The van der Waals surface area contributed by atoms with E-state index in [4.69, 9.17) is 4.74 Å². The number of carbonyl (C=O) groups is 1. The predicted molar refractivity (Wildman–Crippen MR) is 90.5 cm³/mol. The van der Waals surface area contributed by atoms with Crippen molar-refractivity contribution in [3.8, 4) is 0 Å². The van der Waals surface area contributed by atoms with Crippen LogP contribution in [0.25, 0.3) is 0 Å². The van der Waals surface area contributed by atoms with Crippen molar-refractivity contribution in [3.63, 3.8) is 0 Å². The van der Waals surface area contributed by atoms with Crippen molar-refractivity contribution >= 4 is 5.97 Å². The molecule has 0 bridgehead atoms. The third-order valence-electron chi connectivity index (χ3n) is 3.34. The topological polar surface area (TPSA) is 46.5 Å². The monoisotopic (exact) mass is 302 g/mol. The van der Waals surface area contributed by atoms with Gasteiger partial charge in [0.2, 0.25) is 0 Å². The van der Waals surface area contributed by atoms with Gasteiger partial charge < -0.3 is 9.84 Å². The first-order chi connectivity index (χ1) is 10.5. The number of aliphatic hydroxyl groups is 1.